The van der Waals surface area contributed by atoms with E-state index in [2.05, 4.69) is 5.32 Å². The first kappa shape index (κ1) is 13.4. The van der Waals surface area contributed by atoms with E-state index in [1.54, 1.807) is 0 Å². The lowest BCUT2D eigenvalue weighted by Crippen LogP contribution is -2.40. The zero-order valence-corrected chi connectivity index (χ0v) is 10.6. The maximum atomic E-state index is 13.6. The van der Waals surface area contributed by atoms with Crippen LogP contribution < -0.4 is 5.32 Å². The fourth-order valence-corrected chi connectivity index (χ4v) is 2.53. The highest BCUT2D eigenvalue weighted by atomic mass is 19.1. The van der Waals surface area contributed by atoms with Crippen LogP contribution in [-0.2, 0) is 11.2 Å². The first-order chi connectivity index (χ1) is 8.72. The van der Waals surface area contributed by atoms with Crippen LogP contribution in [0, 0.1) is 17.6 Å². The fraction of sp³-hybridized carbons (Fsp3) is 0.571. The van der Waals surface area contributed by atoms with E-state index in [9.17, 15) is 8.78 Å². The lowest BCUT2D eigenvalue weighted by molar-refractivity contribution is 0.0402. The maximum absolute atomic E-state index is 13.6. The summed E-state index contributed by atoms with van der Waals surface area (Å²) in [7, 11) is 1.83. The highest BCUT2D eigenvalue weighted by molar-refractivity contribution is 5.21. The van der Waals surface area contributed by atoms with Crippen molar-refractivity contribution in [2.75, 3.05) is 20.3 Å². The predicted octanol–water partition coefficient (Wildman–Crippen LogP) is 2.52. The molecule has 0 radical (unpaired) electrons. The molecule has 18 heavy (non-hydrogen) atoms. The molecule has 0 saturated carbocycles. The molecular weight excluding hydrogens is 236 g/mol. The Morgan fingerprint density at radius 1 is 1.39 bits per heavy atom. The van der Waals surface area contributed by atoms with Gasteiger partial charge in [0.25, 0.3) is 0 Å². The summed E-state index contributed by atoms with van der Waals surface area (Å²) in [6.45, 7) is 1.46. The summed E-state index contributed by atoms with van der Waals surface area (Å²) in [5, 5.41) is 3.16. The Kier molecular flexibility index (Phi) is 4.66. The maximum Gasteiger partial charge on any atom is 0.129 e. The first-order valence-corrected chi connectivity index (χ1v) is 6.40. The van der Waals surface area contributed by atoms with Crippen molar-refractivity contribution in [1.82, 2.24) is 5.32 Å². The summed E-state index contributed by atoms with van der Waals surface area (Å²) in [6, 6.07) is 4.06. The van der Waals surface area contributed by atoms with Crippen molar-refractivity contribution in [3.05, 3.63) is 35.4 Å². The molecule has 1 heterocycles. The Balaban J connectivity index is 2.09. The van der Waals surface area contributed by atoms with Crippen molar-refractivity contribution in [1.29, 1.82) is 0 Å². The van der Waals surface area contributed by atoms with Crippen LogP contribution in [0.15, 0.2) is 18.2 Å². The number of hydrogen-bond acceptors (Lipinski definition) is 2. The standard InChI is InChI=1S/C14H19F2NO/c1-17-14(10-4-3-7-18-9-10)8-11-12(15)5-2-6-13(11)16/h2,5-6,10,14,17H,3-4,7-9H2,1H3. The van der Waals surface area contributed by atoms with Crippen LogP contribution in [-0.4, -0.2) is 26.3 Å². The minimum Gasteiger partial charge on any atom is -0.381 e. The van der Waals surface area contributed by atoms with Gasteiger partial charge in [-0.1, -0.05) is 6.07 Å². The second kappa shape index (κ2) is 6.25. The molecule has 1 saturated heterocycles. The molecule has 0 spiro atoms. The van der Waals surface area contributed by atoms with Crippen molar-refractivity contribution >= 4 is 0 Å². The summed E-state index contributed by atoms with van der Waals surface area (Å²) in [5.74, 6) is -0.610. The van der Waals surface area contributed by atoms with Gasteiger partial charge >= 0.3 is 0 Å². The molecule has 1 aliphatic heterocycles. The van der Waals surface area contributed by atoms with Crippen LogP contribution in [0.25, 0.3) is 0 Å². The Hall–Kier alpha value is -1.00. The summed E-state index contributed by atoms with van der Waals surface area (Å²) >= 11 is 0. The fourth-order valence-electron chi connectivity index (χ4n) is 2.53. The Labute approximate surface area is 106 Å². The second-order valence-corrected chi connectivity index (χ2v) is 4.78. The van der Waals surface area contributed by atoms with Gasteiger partial charge < -0.3 is 10.1 Å². The third kappa shape index (κ3) is 3.06. The average Bonchev–Trinajstić information content (AvgIpc) is 2.40. The summed E-state index contributed by atoms with van der Waals surface area (Å²) in [5.41, 5.74) is 0.169. The zero-order valence-electron chi connectivity index (χ0n) is 10.6. The lowest BCUT2D eigenvalue weighted by Gasteiger charge is -2.30. The van der Waals surface area contributed by atoms with Gasteiger partial charge in [-0.2, -0.15) is 0 Å². The zero-order chi connectivity index (χ0) is 13.0. The van der Waals surface area contributed by atoms with E-state index >= 15 is 0 Å². The number of nitrogens with one attached hydrogen (secondary N) is 1. The van der Waals surface area contributed by atoms with Gasteiger partial charge in [-0.05, 0) is 44.4 Å². The van der Waals surface area contributed by atoms with Crippen LogP contribution >= 0.6 is 0 Å². The van der Waals surface area contributed by atoms with Crippen LogP contribution in [0.3, 0.4) is 0 Å². The molecule has 1 aromatic carbocycles. The summed E-state index contributed by atoms with van der Waals surface area (Å²) < 4.78 is 32.7. The van der Waals surface area contributed by atoms with E-state index in [1.807, 2.05) is 7.05 Å². The highest BCUT2D eigenvalue weighted by Crippen LogP contribution is 2.22. The van der Waals surface area contributed by atoms with Crippen molar-refractivity contribution < 1.29 is 13.5 Å². The summed E-state index contributed by atoms with van der Waals surface area (Å²) in [6.07, 6.45) is 2.42. The van der Waals surface area contributed by atoms with Gasteiger partial charge in [-0.15, -0.1) is 0 Å². The number of likely N-dealkylation sites (N-methyl/N-ethyl adjacent to an activating group) is 1. The smallest absolute Gasteiger partial charge is 0.129 e. The van der Waals surface area contributed by atoms with E-state index < -0.39 is 11.6 Å². The normalized spacial score (nSPS) is 21.8. The van der Waals surface area contributed by atoms with Crippen LogP contribution in [0.2, 0.25) is 0 Å². The molecule has 0 aliphatic carbocycles. The molecule has 1 aromatic rings. The van der Waals surface area contributed by atoms with E-state index in [-0.39, 0.29) is 11.6 Å². The molecule has 0 bridgehead atoms. The van der Waals surface area contributed by atoms with Crippen LogP contribution in [0.5, 0.6) is 0 Å². The number of hydrogen-bond donors (Lipinski definition) is 1. The van der Waals surface area contributed by atoms with Gasteiger partial charge in [0.15, 0.2) is 0 Å². The number of benzene rings is 1. The molecule has 4 heteroatoms. The van der Waals surface area contributed by atoms with Gasteiger partial charge in [0, 0.05) is 18.2 Å². The van der Waals surface area contributed by atoms with E-state index in [1.165, 1.54) is 18.2 Å². The SMILES string of the molecule is CNC(Cc1c(F)cccc1F)C1CCCOC1. The average molecular weight is 255 g/mol. The minimum atomic E-state index is -0.466. The highest BCUT2D eigenvalue weighted by Gasteiger charge is 2.25. The first-order valence-electron chi connectivity index (χ1n) is 6.40. The van der Waals surface area contributed by atoms with Crippen LogP contribution in [0.1, 0.15) is 18.4 Å². The molecule has 2 rings (SSSR count). The van der Waals surface area contributed by atoms with Gasteiger partial charge in [0.05, 0.1) is 6.61 Å². The van der Waals surface area contributed by atoms with Gasteiger partial charge in [-0.25, -0.2) is 8.78 Å². The van der Waals surface area contributed by atoms with Gasteiger partial charge in [0.1, 0.15) is 11.6 Å². The molecular formula is C14H19F2NO. The Bertz CT molecular complexity index is 371. The molecule has 0 amide bonds. The van der Waals surface area contributed by atoms with E-state index in [0.29, 0.717) is 18.9 Å². The molecule has 0 aromatic heterocycles. The van der Waals surface area contributed by atoms with E-state index in [4.69, 9.17) is 4.74 Å². The van der Waals surface area contributed by atoms with Crippen molar-refractivity contribution in [3.63, 3.8) is 0 Å². The van der Waals surface area contributed by atoms with Crippen molar-refractivity contribution in [3.8, 4) is 0 Å². The lowest BCUT2D eigenvalue weighted by atomic mass is 9.89. The minimum absolute atomic E-state index is 0.0525. The van der Waals surface area contributed by atoms with Crippen molar-refractivity contribution in [2.24, 2.45) is 5.92 Å². The van der Waals surface area contributed by atoms with Crippen LogP contribution in [0.4, 0.5) is 8.78 Å². The topological polar surface area (TPSA) is 21.3 Å². The molecule has 1 aliphatic rings. The molecule has 100 valence electrons. The monoisotopic (exact) mass is 255 g/mol. The molecule has 2 nitrogen and oxygen atoms in total. The van der Waals surface area contributed by atoms with Gasteiger partial charge in [0.2, 0.25) is 0 Å². The number of halogens is 2. The second-order valence-electron chi connectivity index (χ2n) is 4.78. The molecule has 2 unspecified atom stereocenters. The van der Waals surface area contributed by atoms with E-state index in [0.717, 1.165) is 19.4 Å². The Morgan fingerprint density at radius 2 is 2.11 bits per heavy atom. The molecule has 2 atom stereocenters. The number of rotatable bonds is 4. The largest absolute Gasteiger partial charge is 0.381 e. The Morgan fingerprint density at radius 3 is 2.67 bits per heavy atom. The predicted molar refractivity (Wildman–Crippen MR) is 66.5 cm³/mol. The van der Waals surface area contributed by atoms with Gasteiger partial charge in [-0.3, -0.25) is 0 Å². The number of ether oxygens (including phenoxy) is 1. The van der Waals surface area contributed by atoms with Crippen molar-refractivity contribution in [2.45, 2.75) is 25.3 Å². The third-order valence-electron chi connectivity index (χ3n) is 3.62. The molecule has 1 N–H and O–H groups in total. The third-order valence-corrected chi connectivity index (χ3v) is 3.62. The molecule has 1 fully saturated rings. The quantitative estimate of drug-likeness (QED) is 0.892. The summed E-state index contributed by atoms with van der Waals surface area (Å²) in [4.78, 5) is 0.